The lowest BCUT2D eigenvalue weighted by Crippen LogP contribution is -2.38. The van der Waals surface area contributed by atoms with E-state index < -0.39 is 0 Å². The molecule has 2 N–H and O–H groups in total. The van der Waals surface area contributed by atoms with Crippen LogP contribution in [0.3, 0.4) is 0 Å². The molecule has 2 fully saturated rings. The Morgan fingerprint density at radius 3 is 2.68 bits per heavy atom. The second kappa shape index (κ2) is 7.05. The monoisotopic (exact) mass is 269 g/mol. The van der Waals surface area contributed by atoms with Gasteiger partial charge in [0.25, 0.3) is 0 Å². The number of nitrogens with zero attached hydrogens (tertiary/aromatic N) is 1. The van der Waals surface area contributed by atoms with E-state index in [9.17, 15) is 10.2 Å². The molecule has 0 aromatic heterocycles. The first-order chi connectivity index (χ1) is 9.10. The smallest absolute Gasteiger partial charge is 0.0580 e. The van der Waals surface area contributed by atoms with Gasteiger partial charge in [0.2, 0.25) is 0 Å². The van der Waals surface area contributed by atoms with Crippen molar-refractivity contribution in [3.63, 3.8) is 0 Å². The standard InChI is InChI=1S/C16H31NO2/c1-3-4-13-5-6-16(19)15(9-13)11-17-8-7-14(10-17)12(2)18/h12-16,18-19H,3-11H2,1-2H3. The predicted molar refractivity (Wildman–Crippen MR) is 78.0 cm³/mol. The Balaban J connectivity index is 1.80. The number of aliphatic hydroxyl groups is 2. The molecule has 5 atom stereocenters. The lowest BCUT2D eigenvalue weighted by atomic mass is 9.77. The van der Waals surface area contributed by atoms with Gasteiger partial charge in [0.05, 0.1) is 12.2 Å². The lowest BCUT2D eigenvalue weighted by Gasteiger charge is -2.35. The van der Waals surface area contributed by atoms with Gasteiger partial charge in [-0.1, -0.05) is 19.8 Å². The third kappa shape index (κ3) is 4.17. The number of hydrogen-bond acceptors (Lipinski definition) is 3. The van der Waals surface area contributed by atoms with Crippen LogP contribution in [-0.2, 0) is 0 Å². The first-order valence-electron chi connectivity index (χ1n) is 8.18. The number of rotatable bonds is 5. The van der Waals surface area contributed by atoms with Crippen molar-refractivity contribution in [2.75, 3.05) is 19.6 Å². The summed E-state index contributed by atoms with van der Waals surface area (Å²) in [6.07, 6.45) is 6.81. The highest BCUT2D eigenvalue weighted by molar-refractivity contribution is 4.85. The zero-order valence-corrected chi connectivity index (χ0v) is 12.6. The summed E-state index contributed by atoms with van der Waals surface area (Å²) in [5, 5.41) is 19.9. The van der Waals surface area contributed by atoms with E-state index in [0.717, 1.165) is 38.4 Å². The average Bonchev–Trinajstić information content (AvgIpc) is 2.82. The van der Waals surface area contributed by atoms with Crippen LogP contribution in [0.2, 0.25) is 0 Å². The Morgan fingerprint density at radius 1 is 1.26 bits per heavy atom. The molecule has 1 saturated heterocycles. The van der Waals surface area contributed by atoms with Gasteiger partial charge in [-0.25, -0.2) is 0 Å². The second-order valence-corrected chi connectivity index (χ2v) is 6.84. The Labute approximate surface area is 118 Å². The van der Waals surface area contributed by atoms with Crippen molar-refractivity contribution in [1.82, 2.24) is 4.90 Å². The minimum absolute atomic E-state index is 0.0984. The highest BCUT2D eigenvalue weighted by atomic mass is 16.3. The van der Waals surface area contributed by atoms with Crippen molar-refractivity contribution in [1.29, 1.82) is 0 Å². The first kappa shape index (κ1) is 15.3. The summed E-state index contributed by atoms with van der Waals surface area (Å²) in [5.41, 5.74) is 0. The van der Waals surface area contributed by atoms with E-state index in [1.165, 1.54) is 25.7 Å². The SMILES string of the molecule is CCCC1CCC(O)C(CN2CCC(C(C)O)C2)C1. The molecule has 19 heavy (non-hydrogen) atoms. The molecule has 1 saturated carbocycles. The molecule has 2 rings (SSSR count). The summed E-state index contributed by atoms with van der Waals surface area (Å²) in [6.45, 7) is 7.30. The van der Waals surface area contributed by atoms with E-state index in [-0.39, 0.29) is 12.2 Å². The molecule has 112 valence electrons. The fraction of sp³-hybridized carbons (Fsp3) is 1.00. The Hall–Kier alpha value is -0.120. The van der Waals surface area contributed by atoms with Gasteiger partial charge in [0, 0.05) is 13.1 Å². The Kier molecular flexibility index (Phi) is 5.67. The molecule has 0 amide bonds. The zero-order valence-electron chi connectivity index (χ0n) is 12.6. The van der Waals surface area contributed by atoms with Crippen LogP contribution in [0.25, 0.3) is 0 Å². The van der Waals surface area contributed by atoms with Crippen molar-refractivity contribution in [2.24, 2.45) is 17.8 Å². The normalized spacial score (nSPS) is 38.5. The summed E-state index contributed by atoms with van der Waals surface area (Å²) in [6, 6.07) is 0. The first-order valence-corrected chi connectivity index (χ1v) is 8.18. The van der Waals surface area contributed by atoms with E-state index in [1.807, 2.05) is 6.92 Å². The van der Waals surface area contributed by atoms with Crippen LogP contribution in [0, 0.1) is 17.8 Å². The van der Waals surface area contributed by atoms with Gasteiger partial charge in [-0.15, -0.1) is 0 Å². The predicted octanol–water partition coefficient (Wildman–Crippen LogP) is 2.27. The van der Waals surface area contributed by atoms with Gasteiger partial charge >= 0.3 is 0 Å². The maximum absolute atomic E-state index is 10.2. The highest BCUT2D eigenvalue weighted by Gasteiger charge is 2.33. The van der Waals surface area contributed by atoms with E-state index in [4.69, 9.17) is 0 Å². The van der Waals surface area contributed by atoms with Gasteiger partial charge < -0.3 is 15.1 Å². The molecule has 1 aliphatic heterocycles. The molecular weight excluding hydrogens is 238 g/mol. The summed E-state index contributed by atoms with van der Waals surface area (Å²) in [4.78, 5) is 2.46. The molecule has 1 aliphatic carbocycles. The largest absolute Gasteiger partial charge is 0.393 e. The van der Waals surface area contributed by atoms with Crippen LogP contribution in [0.5, 0.6) is 0 Å². The Bertz CT molecular complexity index is 269. The van der Waals surface area contributed by atoms with E-state index >= 15 is 0 Å². The molecule has 0 radical (unpaired) electrons. The summed E-state index contributed by atoms with van der Waals surface area (Å²) >= 11 is 0. The van der Waals surface area contributed by atoms with Crippen LogP contribution in [0.1, 0.15) is 52.4 Å². The molecule has 5 unspecified atom stereocenters. The fourth-order valence-corrected chi connectivity index (χ4v) is 3.97. The van der Waals surface area contributed by atoms with Crippen LogP contribution in [0.4, 0.5) is 0 Å². The van der Waals surface area contributed by atoms with Gasteiger partial charge in [-0.2, -0.15) is 0 Å². The summed E-state index contributed by atoms with van der Waals surface area (Å²) < 4.78 is 0. The molecule has 1 heterocycles. The average molecular weight is 269 g/mol. The second-order valence-electron chi connectivity index (χ2n) is 6.84. The molecule has 2 aliphatic rings. The summed E-state index contributed by atoms with van der Waals surface area (Å²) in [7, 11) is 0. The van der Waals surface area contributed by atoms with E-state index in [2.05, 4.69) is 11.8 Å². The van der Waals surface area contributed by atoms with E-state index in [0.29, 0.717) is 11.8 Å². The molecule has 0 aromatic rings. The zero-order chi connectivity index (χ0) is 13.8. The quantitative estimate of drug-likeness (QED) is 0.804. The maximum atomic E-state index is 10.2. The molecule has 3 heteroatoms. The van der Waals surface area contributed by atoms with E-state index in [1.54, 1.807) is 0 Å². The summed E-state index contributed by atoms with van der Waals surface area (Å²) in [5.74, 6) is 1.72. The minimum atomic E-state index is -0.186. The highest BCUT2D eigenvalue weighted by Crippen LogP contribution is 2.33. The van der Waals surface area contributed by atoms with Crippen molar-refractivity contribution in [2.45, 2.75) is 64.6 Å². The van der Waals surface area contributed by atoms with Gasteiger partial charge in [0.1, 0.15) is 0 Å². The topological polar surface area (TPSA) is 43.7 Å². The number of hydrogen-bond donors (Lipinski definition) is 2. The van der Waals surface area contributed by atoms with Crippen LogP contribution in [0.15, 0.2) is 0 Å². The molecule has 0 spiro atoms. The minimum Gasteiger partial charge on any atom is -0.393 e. The van der Waals surface area contributed by atoms with Crippen LogP contribution in [-0.4, -0.2) is 47.0 Å². The molecule has 0 bridgehead atoms. The third-order valence-electron chi connectivity index (χ3n) is 5.23. The van der Waals surface area contributed by atoms with Gasteiger partial charge in [-0.05, 0) is 56.9 Å². The fourth-order valence-electron chi connectivity index (χ4n) is 3.97. The van der Waals surface area contributed by atoms with Crippen molar-refractivity contribution < 1.29 is 10.2 Å². The van der Waals surface area contributed by atoms with Crippen molar-refractivity contribution in [3.8, 4) is 0 Å². The molecular formula is C16H31NO2. The molecule has 0 aromatic carbocycles. The molecule has 3 nitrogen and oxygen atoms in total. The number of aliphatic hydroxyl groups excluding tert-OH is 2. The maximum Gasteiger partial charge on any atom is 0.0580 e. The van der Waals surface area contributed by atoms with Crippen LogP contribution >= 0.6 is 0 Å². The van der Waals surface area contributed by atoms with Crippen molar-refractivity contribution in [3.05, 3.63) is 0 Å². The van der Waals surface area contributed by atoms with Crippen LogP contribution < -0.4 is 0 Å². The third-order valence-corrected chi connectivity index (χ3v) is 5.23. The number of likely N-dealkylation sites (tertiary alicyclic amines) is 1. The van der Waals surface area contributed by atoms with Gasteiger partial charge in [-0.3, -0.25) is 0 Å². The lowest BCUT2D eigenvalue weighted by molar-refractivity contribution is 0.0276. The Morgan fingerprint density at radius 2 is 2.05 bits per heavy atom. The van der Waals surface area contributed by atoms with Gasteiger partial charge in [0.15, 0.2) is 0 Å². The van der Waals surface area contributed by atoms with Crippen molar-refractivity contribution >= 4 is 0 Å².